The number of H-pyrrole nitrogens is 1. The molecule has 0 saturated carbocycles. The molecule has 104 valence electrons. The van der Waals surface area contributed by atoms with E-state index in [0.717, 1.165) is 0 Å². The predicted octanol–water partition coefficient (Wildman–Crippen LogP) is 0.151. The molecule has 2 aromatic rings. The summed E-state index contributed by atoms with van der Waals surface area (Å²) in [7, 11) is 0. The maximum Gasteiger partial charge on any atom is 0.269 e. The van der Waals surface area contributed by atoms with Gasteiger partial charge in [0.2, 0.25) is 0 Å². The third kappa shape index (κ3) is 3.64. The third-order valence-electron chi connectivity index (χ3n) is 2.56. The molecule has 0 spiro atoms. The van der Waals surface area contributed by atoms with Crippen molar-refractivity contribution in [2.24, 2.45) is 0 Å². The second kappa shape index (κ2) is 5.96. The summed E-state index contributed by atoms with van der Waals surface area (Å²) >= 11 is 0. The Morgan fingerprint density at radius 1 is 1.45 bits per heavy atom. The Hall–Kier alpha value is -2.70. The summed E-state index contributed by atoms with van der Waals surface area (Å²) in [5.74, 6) is 0.204. The monoisotopic (exact) mass is 274 g/mol. The Morgan fingerprint density at radius 3 is 2.90 bits per heavy atom. The molecule has 0 aliphatic carbocycles. The number of carbonyl (C=O) groups excluding carboxylic acids is 1. The number of aromatic amines is 1. The van der Waals surface area contributed by atoms with E-state index in [9.17, 15) is 9.59 Å². The molecule has 0 saturated heterocycles. The minimum absolute atomic E-state index is 0.00439. The van der Waals surface area contributed by atoms with Crippen molar-refractivity contribution < 1.29 is 9.90 Å². The van der Waals surface area contributed by atoms with Crippen molar-refractivity contribution in [3.8, 4) is 5.75 Å². The molecule has 0 fully saturated rings. The summed E-state index contributed by atoms with van der Waals surface area (Å²) in [6, 6.07) is 4.22. The Balaban J connectivity index is 1.91. The molecule has 20 heavy (non-hydrogen) atoms. The van der Waals surface area contributed by atoms with Gasteiger partial charge in [-0.15, -0.1) is 0 Å². The number of pyridine rings is 1. The Morgan fingerprint density at radius 2 is 2.25 bits per heavy atom. The Bertz CT molecular complexity index is 664. The van der Waals surface area contributed by atoms with Gasteiger partial charge in [0.15, 0.2) is 0 Å². The van der Waals surface area contributed by atoms with E-state index in [1.165, 1.54) is 24.4 Å². The number of nitrogens with one attached hydrogen (secondary N) is 2. The highest BCUT2D eigenvalue weighted by Crippen LogP contribution is 2.05. The fourth-order valence-corrected chi connectivity index (χ4v) is 1.68. The van der Waals surface area contributed by atoms with E-state index in [1.807, 2.05) is 0 Å². The molecule has 0 radical (unpaired) electrons. The standard InChI is InChI=1S/C13H14N4O3/c1-8-16-9(6-12(19)17-8)4-5-14-13(20)11-3-2-10(18)7-15-11/h2-3,6-7,18H,4-5H2,1H3,(H,14,20)(H,16,17,19). The van der Waals surface area contributed by atoms with Crippen molar-refractivity contribution >= 4 is 5.91 Å². The number of aryl methyl sites for hydroxylation is 1. The quantitative estimate of drug-likeness (QED) is 0.735. The number of rotatable bonds is 4. The number of aromatic nitrogens is 3. The summed E-state index contributed by atoms with van der Waals surface area (Å²) in [6.07, 6.45) is 1.66. The van der Waals surface area contributed by atoms with E-state index < -0.39 is 0 Å². The largest absolute Gasteiger partial charge is 0.506 e. The fraction of sp³-hybridized carbons (Fsp3) is 0.231. The number of amides is 1. The van der Waals surface area contributed by atoms with Gasteiger partial charge in [0.25, 0.3) is 11.5 Å². The molecule has 0 aliphatic heterocycles. The van der Waals surface area contributed by atoms with Gasteiger partial charge in [-0.1, -0.05) is 0 Å². The van der Waals surface area contributed by atoms with E-state index in [-0.39, 0.29) is 22.9 Å². The lowest BCUT2D eigenvalue weighted by molar-refractivity contribution is 0.0949. The highest BCUT2D eigenvalue weighted by Gasteiger charge is 2.06. The van der Waals surface area contributed by atoms with Crippen LogP contribution < -0.4 is 10.9 Å². The molecule has 0 aliphatic rings. The number of hydrogen-bond donors (Lipinski definition) is 3. The Kier molecular flexibility index (Phi) is 4.09. The maximum absolute atomic E-state index is 11.7. The zero-order chi connectivity index (χ0) is 14.5. The van der Waals surface area contributed by atoms with Crippen LogP contribution in [0.15, 0.2) is 29.2 Å². The first-order valence-corrected chi connectivity index (χ1v) is 6.04. The lowest BCUT2D eigenvalue weighted by Crippen LogP contribution is -2.27. The summed E-state index contributed by atoms with van der Waals surface area (Å²) in [6.45, 7) is 2.04. The molecule has 2 heterocycles. The van der Waals surface area contributed by atoms with Gasteiger partial charge in [-0.05, 0) is 19.1 Å². The van der Waals surface area contributed by atoms with E-state index in [1.54, 1.807) is 6.92 Å². The highest BCUT2D eigenvalue weighted by molar-refractivity contribution is 5.92. The van der Waals surface area contributed by atoms with Gasteiger partial charge in [-0.3, -0.25) is 9.59 Å². The maximum atomic E-state index is 11.7. The van der Waals surface area contributed by atoms with Crippen LogP contribution in [0.5, 0.6) is 5.75 Å². The number of carbonyl (C=O) groups is 1. The highest BCUT2D eigenvalue weighted by atomic mass is 16.3. The molecule has 2 aromatic heterocycles. The van der Waals surface area contributed by atoms with Crippen LogP contribution in [0.1, 0.15) is 22.0 Å². The van der Waals surface area contributed by atoms with Gasteiger partial charge >= 0.3 is 0 Å². The van der Waals surface area contributed by atoms with E-state index >= 15 is 0 Å². The minimum Gasteiger partial charge on any atom is -0.506 e. The van der Waals surface area contributed by atoms with Crippen LogP contribution in [0.2, 0.25) is 0 Å². The first-order valence-electron chi connectivity index (χ1n) is 6.04. The molecule has 0 unspecified atom stereocenters. The SMILES string of the molecule is Cc1nc(CCNC(=O)c2ccc(O)cn2)cc(=O)[nH]1. The summed E-state index contributed by atoms with van der Waals surface area (Å²) in [5, 5.41) is 11.8. The van der Waals surface area contributed by atoms with Crippen molar-refractivity contribution in [2.75, 3.05) is 6.54 Å². The molecule has 7 nitrogen and oxygen atoms in total. The van der Waals surface area contributed by atoms with Crippen molar-refractivity contribution in [3.63, 3.8) is 0 Å². The predicted molar refractivity (Wildman–Crippen MR) is 71.5 cm³/mol. The van der Waals surface area contributed by atoms with Crippen LogP contribution in [0, 0.1) is 6.92 Å². The van der Waals surface area contributed by atoms with Crippen LogP contribution >= 0.6 is 0 Å². The van der Waals surface area contributed by atoms with Gasteiger partial charge in [-0.2, -0.15) is 0 Å². The van der Waals surface area contributed by atoms with Crippen molar-refractivity contribution in [3.05, 3.63) is 52.0 Å². The average molecular weight is 274 g/mol. The lowest BCUT2D eigenvalue weighted by atomic mass is 10.2. The summed E-state index contributed by atoms with van der Waals surface area (Å²) in [5.41, 5.74) is 0.627. The molecule has 2 rings (SSSR count). The van der Waals surface area contributed by atoms with Crippen LogP contribution in [-0.4, -0.2) is 32.5 Å². The van der Waals surface area contributed by atoms with Crippen LogP contribution in [0.4, 0.5) is 0 Å². The number of nitrogens with zero attached hydrogens (tertiary/aromatic N) is 2. The van der Waals surface area contributed by atoms with Crippen LogP contribution in [0.25, 0.3) is 0 Å². The molecular weight excluding hydrogens is 260 g/mol. The lowest BCUT2D eigenvalue weighted by Gasteiger charge is -2.05. The second-order valence-corrected chi connectivity index (χ2v) is 4.23. The van der Waals surface area contributed by atoms with Crippen molar-refractivity contribution in [1.82, 2.24) is 20.3 Å². The van der Waals surface area contributed by atoms with Crippen molar-refractivity contribution in [2.45, 2.75) is 13.3 Å². The molecular formula is C13H14N4O3. The van der Waals surface area contributed by atoms with Gasteiger partial charge in [0.05, 0.1) is 6.20 Å². The molecule has 0 bridgehead atoms. The first kappa shape index (κ1) is 13.7. The smallest absolute Gasteiger partial charge is 0.269 e. The van der Waals surface area contributed by atoms with Crippen LogP contribution in [0.3, 0.4) is 0 Å². The second-order valence-electron chi connectivity index (χ2n) is 4.23. The molecule has 0 aromatic carbocycles. The van der Waals surface area contributed by atoms with Gasteiger partial charge in [0, 0.05) is 24.7 Å². The van der Waals surface area contributed by atoms with E-state index in [2.05, 4.69) is 20.3 Å². The fourth-order valence-electron chi connectivity index (χ4n) is 1.68. The van der Waals surface area contributed by atoms with Crippen molar-refractivity contribution in [1.29, 1.82) is 0 Å². The zero-order valence-corrected chi connectivity index (χ0v) is 10.9. The molecule has 3 N–H and O–H groups in total. The van der Waals surface area contributed by atoms with Crippen LogP contribution in [-0.2, 0) is 6.42 Å². The van der Waals surface area contributed by atoms with E-state index in [4.69, 9.17) is 5.11 Å². The van der Waals surface area contributed by atoms with E-state index in [0.29, 0.717) is 24.5 Å². The molecule has 1 amide bonds. The zero-order valence-electron chi connectivity index (χ0n) is 10.9. The first-order chi connectivity index (χ1) is 9.54. The minimum atomic E-state index is -0.341. The summed E-state index contributed by atoms with van der Waals surface area (Å²) < 4.78 is 0. The van der Waals surface area contributed by atoms with Gasteiger partial charge in [0.1, 0.15) is 17.3 Å². The number of hydrogen-bond acceptors (Lipinski definition) is 5. The normalized spacial score (nSPS) is 10.2. The van der Waals surface area contributed by atoms with Gasteiger partial charge in [-0.25, -0.2) is 9.97 Å². The topological polar surface area (TPSA) is 108 Å². The number of aromatic hydroxyl groups is 1. The van der Waals surface area contributed by atoms with Gasteiger partial charge < -0.3 is 15.4 Å². The third-order valence-corrected chi connectivity index (χ3v) is 2.56. The summed E-state index contributed by atoms with van der Waals surface area (Å²) in [4.78, 5) is 33.5. The molecule has 7 heteroatoms. The Labute approximate surface area is 114 Å². The molecule has 0 atom stereocenters. The average Bonchev–Trinajstić information content (AvgIpc) is 2.38.